The van der Waals surface area contributed by atoms with Crippen LogP contribution in [0.1, 0.15) is 58.1 Å². The molecule has 0 aromatic heterocycles. The molecule has 0 aliphatic rings. The lowest BCUT2D eigenvalue weighted by atomic mass is 9.94. The molecule has 0 spiro atoms. The first-order chi connectivity index (χ1) is 12.5. The van der Waals surface area contributed by atoms with Gasteiger partial charge in [-0.15, -0.1) is 0 Å². The largest absolute Gasteiger partial charge is 0.463 e. The minimum atomic E-state index is -0.196. The number of esters is 1. The Bertz CT molecular complexity index is 495. The highest BCUT2D eigenvalue weighted by atomic mass is 16.6. The highest BCUT2D eigenvalue weighted by Crippen LogP contribution is 2.22. The molecule has 0 heterocycles. The third-order valence-corrected chi connectivity index (χ3v) is 4.64. The van der Waals surface area contributed by atoms with Gasteiger partial charge in [-0.2, -0.15) is 0 Å². The number of ether oxygens (including phenoxy) is 2. The normalized spacial score (nSPS) is 12.6. The monoisotopic (exact) mass is 363 g/mol. The number of benzene rings is 1. The molecule has 0 fully saturated rings. The molecule has 0 amide bonds. The minimum absolute atomic E-state index is 0.156. The molecule has 148 valence electrons. The first-order valence-corrected chi connectivity index (χ1v) is 10.1. The maximum absolute atomic E-state index is 12.4. The van der Waals surface area contributed by atoms with Crippen LogP contribution in [0.2, 0.25) is 0 Å². The fourth-order valence-corrected chi connectivity index (χ4v) is 3.03. The van der Waals surface area contributed by atoms with Gasteiger partial charge in [-0.3, -0.25) is 4.79 Å². The number of rotatable bonds is 13. The van der Waals surface area contributed by atoms with E-state index in [1.54, 1.807) is 0 Å². The number of hydrogen-bond acceptors (Lipinski definition) is 4. The molecule has 0 N–H and O–H groups in total. The Morgan fingerprint density at radius 2 is 1.65 bits per heavy atom. The quantitative estimate of drug-likeness (QED) is 0.387. The molecule has 26 heavy (non-hydrogen) atoms. The molecule has 1 atom stereocenters. The standard InChI is InChI=1S/C22H37NO3/c1-6-21(20-11-9-19(10-12-20)17-18(4)5)22(24)26-16-15-25-14-13-23(7-2)8-3/h9-12,18,21H,6-8,13-17H2,1-5H3/t21-/m0/s1. The molecule has 0 radical (unpaired) electrons. The van der Waals surface area contributed by atoms with Gasteiger partial charge in [-0.1, -0.05) is 58.9 Å². The Morgan fingerprint density at radius 1 is 1.00 bits per heavy atom. The molecule has 0 bridgehead atoms. The van der Waals surface area contributed by atoms with E-state index in [0.29, 0.717) is 25.7 Å². The van der Waals surface area contributed by atoms with Crippen LogP contribution in [0.25, 0.3) is 0 Å². The highest BCUT2D eigenvalue weighted by Gasteiger charge is 2.20. The van der Waals surface area contributed by atoms with Crippen molar-refractivity contribution < 1.29 is 14.3 Å². The first kappa shape index (κ1) is 22.7. The summed E-state index contributed by atoms with van der Waals surface area (Å²) in [6, 6.07) is 8.38. The number of hydrogen-bond donors (Lipinski definition) is 0. The first-order valence-electron chi connectivity index (χ1n) is 10.1. The van der Waals surface area contributed by atoms with E-state index in [-0.39, 0.29) is 11.9 Å². The molecular weight excluding hydrogens is 326 g/mol. The topological polar surface area (TPSA) is 38.8 Å². The molecule has 4 nitrogen and oxygen atoms in total. The highest BCUT2D eigenvalue weighted by molar-refractivity contribution is 5.78. The molecule has 0 unspecified atom stereocenters. The lowest BCUT2D eigenvalue weighted by Crippen LogP contribution is -2.27. The van der Waals surface area contributed by atoms with Crippen molar-refractivity contribution in [2.75, 3.05) is 39.5 Å². The Morgan fingerprint density at radius 3 is 2.19 bits per heavy atom. The van der Waals surface area contributed by atoms with Gasteiger partial charge in [0.05, 0.1) is 19.1 Å². The van der Waals surface area contributed by atoms with Gasteiger partial charge in [0, 0.05) is 6.54 Å². The molecule has 0 saturated heterocycles. The van der Waals surface area contributed by atoms with E-state index in [0.717, 1.165) is 38.0 Å². The number of likely N-dealkylation sites (N-methyl/N-ethyl adjacent to an activating group) is 1. The molecule has 4 heteroatoms. The van der Waals surface area contributed by atoms with Crippen LogP contribution in [0.4, 0.5) is 0 Å². The van der Waals surface area contributed by atoms with Gasteiger partial charge < -0.3 is 14.4 Å². The SMILES string of the molecule is CC[C@H](C(=O)OCCOCCN(CC)CC)c1ccc(CC(C)C)cc1. The van der Waals surface area contributed by atoms with E-state index >= 15 is 0 Å². The van der Waals surface area contributed by atoms with Crippen LogP contribution < -0.4 is 0 Å². The Hall–Kier alpha value is -1.39. The predicted octanol–water partition coefficient (Wildman–Crippen LogP) is 4.28. The van der Waals surface area contributed by atoms with Crippen molar-refractivity contribution in [2.24, 2.45) is 5.92 Å². The summed E-state index contributed by atoms with van der Waals surface area (Å²) in [4.78, 5) is 14.7. The van der Waals surface area contributed by atoms with Gasteiger partial charge in [0.2, 0.25) is 0 Å². The van der Waals surface area contributed by atoms with Crippen LogP contribution in [0.3, 0.4) is 0 Å². The van der Waals surface area contributed by atoms with Crippen molar-refractivity contribution in [3.63, 3.8) is 0 Å². The summed E-state index contributed by atoms with van der Waals surface area (Å²) >= 11 is 0. The lowest BCUT2D eigenvalue weighted by Gasteiger charge is -2.18. The van der Waals surface area contributed by atoms with Gasteiger partial charge in [-0.25, -0.2) is 0 Å². The third-order valence-electron chi connectivity index (χ3n) is 4.64. The molecule has 1 aromatic rings. The second-order valence-corrected chi connectivity index (χ2v) is 7.11. The predicted molar refractivity (Wildman–Crippen MR) is 108 cm³/mol. The zero-order chi connectivity index (χ0) is 19.4. The Balaban J connectivity index is 2.37. The molecule has 0 saturated carbocycles. The van der Waals surface area contributed by atoms with E-state index < -0.39 is 0 Å². The maximum atomic E-state index is 12.4. The van der Waals surface area contributed by atoms with Gasteiger partial charge in [0.25, 0.3) is 0 Å². The second-order valence-electron chi connectivity index (χ2n) is 7.11. The molecule has 1 aromatic carbocycles. The van der Waals surface area contributed by atoms with E-state index in [4.69, 9.17) is 9.47 Å². The van der Waals surface area contributed by atoms with E-state index in [9.17, 15) is 4.79 Å². The van der Waals surface area contributed by atoms with Gasteiger partial charge in [-0.05, 0) is 43.0 Å². The summed E-state index contributed by atoms with van der Waals surface area (Å²) in [7, 11) is 0. The van der Waals surface area contributed by atoms with Crippen LogP contribution in [0.15, 0.2) is 24.3 Å². The van der Waals surface area contributed by atoms with Gasteiger partial charge in [0.1, 0.15) is 6.61 Å². The summed E-state index contributed by atoms with van der Waals surface area (Å²) in [5.74, 6) is 0.282. The summed E-state index contributed by atoms with van der Waals surface area (Å²) in [5.41, 5.74) is 2.35. The fraction of sp³-hybridized carbons (Fsp3) is 0.682. The average molecular weight is 364 g/mol. The average Bonchev–Trinajstić information content (AvgIpc) is 2.63. The zero-order valence-corrected chi connectivity index (χ0v) is 17.3. The smallest absolute Gasteiger partial charge is 0.313 e. The summed E-state index contributed by atoms with van der Waals surface area (Å²) < 4.78 is 11.0. The van der Waals surface area contributed by atoms with Crippen molar-refractivity contribution in [1.82, 2.24) is 4.90 Å². The summed E-state index contributed by atoms with van der Waals surface area (Å²) in [5, 5.41) is 0. The van der Waals surface area contributed by atoms with Crippen LogP contribution in [0, 0.1) is 5.92 Å². The van der Waals surface area contributed by atoms with Crippen LogP contribution >= 0.6 is 0 Å². The Kier molecular flexibility index (Phi) is 11.2. The van der Waals surface area contributed by atoms with Crippen LogP contribution in [-0.4, -0.2) is 50.3 Å². The van der Waals surface area contributed by atoms with Gasteiger partial charge in [0.15, 0.2) is 0 Å². The van der Waals surface area contributed by atoms with E-state index in [2.05, 4.69) is 56.9 Å². The lowest BCUT2D eigenvalue weighted by molar-refractivity contribution is -0.147. The molecular formula is C22H37NO3. The maximum Gasteiger partial charge on any atom is 0.313 e. The third kappa shape index (κ3) is 8.33. The van der Waals surface area contributed by atoms with Crippen LogP contribution in [0.5, 0.6) is 0 Å². The Labute approximate surface area is 159 Å². The molecule has 0 aliphatic heterocycles. The molecule has 0 aliphatic carbocycles. The van der Waals surface area contributed by atoms with E-state index in [1.807, 2.05) is 6.92 Å². The van der Waals surface area contributed by atoms with Crippen molar-refractivity contribution in [1.29, 1.82) is 0 Å². The van der Waals surface area contributed by atoms with Crippen LogP contribution in [-0.2, 0) is 20.7 Å². The van der Waals surface area contributed by atoms with Crippen molar-refractivity contribution in [3.8, 4) is 0 Å². The van der Waals surface area contributed by atoms with Crippen molar-refractivity contribution in [3.05, 3.63) is 35.4 Å². The molecule has 1 rings (SSSR count). The summed E-state index contributed by atoms with van der Waals surface area (Å²) in [6.45, 7) is 15.2. The zero-order valence-electron chi connectivity index (χ0n) is 17.3. The fourth-order valence-electron chi connectivity index (χ4n) is 3.03. The van der Waals surface area contributed by atoms with E-state index in [1.165, 1.54) is 5.56 Å². The number of nitrogens with zero attached hydrogens (tertiary/aromatic N) is 1. The van der Waals surface area contributed by atoms with Crippen molar-refractivity contribution in [2.45, 2.75) is 53.4 Å². The van der Waals surface area contributed by atoms with Gasteiger partial charge >= 0.3 is 5.97 Å². The number of carbonyl (C=O) groups excluding carboxylic acids is 1. The van der Waals surface area contributed by atoms with Crippen molar-refractivity contribution >= 4 is 5.97 Å². The minimum Gasteiger partial charge on any atom is -0.463 e. The number of carbonyl (C=O) groups is 1. The summed E-state index contributed by atoms with van der Waals surface area (Å²) in [6.07, 6.45) is 1.80. The second kappa shape index (κ2) is 12.9.